The Morgan fingerprint density at radius 1 is 1.29 bits per heavy atom. The van der Waals surface area contributed by atoms with E-state index in [0.717, 1.165) is 6.54 Å². The van der Waals surface area contributed by atoms with Gasteiger partial charge in [0.15, 0.2) is 0 Å². The molecule has 0 atom stereocenters. The van der Waals surface area contributed by atoms with Crippen LogP contribution in [0.25, 0.3) is 0 Å². The fourth-order valence-electron chi connectivity index (χ4n) is 2.91. The smallest absolute Gasteiger partial charge is 0.230 e. The van der Waals surface area contributed by atoms with E-state index < -0.39 is 0 Å². The summed E-state index contributed by atoms with van der Waals surface area (Å²) >= 11 is 1.29. The third-order valence-electron chi connectivity index (χ3n) is 4.29. The van der Waals surface area contributed by atoms with Gasteiger partial charge in [0.05, 0.1) is 5.75 Å². The van der Waals surface area contributed by atoms with Crippen molar-refractivity contribution in [1.29, 1.82) is 0 Å². The molecule has 1 saturated heterocycles. The molecule has 0 aromatic carbocycles. The normalized spacial score (nSPS) is 15.0. The van der Waals surface area contributed by atoms with Crippen molar-refractivity contribution >= 4 is 17.7 Å². The van der Waals surface area contributed by atoms with Crippen molar-refractivity contribution in [3.63, 3.8) is 0 Å². The highest BCUT2D eigenvalue weighted by Crippen LogP contribution is 2.15. The fraction of sp³-hybridized carbons (Fsp3) is 0.474. The molecule has 0 bridgehead atoms. The highest BCUT2D eigenvalue weighted by molar-refractivity contribution is 7.99. The van der Waals surface area contributed by atoms with Gasteiger partial charge in [-0.1, -0.05) is 24.3 Å². The molecule has 2 aromatic heterocycles. The second kappa shape index (κ2) is 11.5. The molecule has 1 aliphatic heterocycles. The number of ether oxygens (including phenoxy) is 1. The van der Waals surface area contributed by atoms with Gasteiger partial charge in [-0.05, 0) is 43.6 Å². The summed E-state index contributed by atoms with van der Waals surface area (Å²) < 4.78 is 5.69. The molecule has 0 aliphatic carbocycles. The average molecular weight is 403 g/mol. The maximum atomic E-state index is 11.7. The largest absolute Gasteiger partial charge is 0.473 e. The van der Waals surface area contributed by atoms with Crippen LogP contribution in [-0.2, 0) is 11.3 Å². The van der Waals surface area contributed by atoms with Crippen molar-refractivity contribution in [1.82, 2.24) is 30.4 Å². The van der Waals surface area contributed by atoms with Crippen molar-refractivity contribution in [2.45, 2.75) is 31.0 Å². The number of aromatic nitrogens is 4. The maximum Gasteiger partial charge on any atom is 0.230 e. The summed E-state index contributed by atoms with van der Waals surface area (Å²) in [6.07, 6.45) is 10.9. The lowest BCUT2D eigenvalue weighted by atomic mass is 10.1. The van der Waals surface area contributed by atoms with E-state index in [1.807, 2.05) is 24.3 Å². The number of hydrogen-bond acceptors (Lipinski definition) is 7. The van der Waals surface area contributed by atoms with Crippen LogP contribution in [0.4, 0.5) is 0 Å². The molecule has 0 unspecified atom stereocenters. The van der Waals surface area contributed by atoms with Crippen LogP contribution in [-0.4, -0.2) is 63.0 Å². The molecule has 0 radical (unpaired) electrons. The molecule has 9 heteroatoms. The summed E-state index contributed by atoms with van der Waals surface area (Å²) in [6.45, 7) is 4.17. The Kier molecular flexibility index (Phi) is 8.32. The van der Waals surface area contributed by atoms with Crippen molar-refractivity contribution in [2.24, 2.45) is 0 Å². The number of H-pyrrole nitrogens is 1. The van der Waals surface area contributed by atoms with Crippen molar-refractivity contribution in [3.8, 4) is 5.88 Å². The van der Waals surface area contributed by atoms with E-state index in [2.05, 4.69) is 30.4 Å². The summed E-state index contributed by atoms with van der Waals surface area (Å²) in [4.78, 5) is 22.4. The van der Waals surface area contributed by atoms with E-state index in [-0.39, 0.29) is 11.7 Å². The van der Waals surface area contributed by atoms with Gasteiger partial charge in [-0.25, -0.2) is 9.97 Å². The van der Waals surface area contributed by atoms with Crippen molar-refractivity contribution < 1.29 is 9.53 Å². The minimum Gasteiger partial charge on any atom is -0.473 e. The molecule has 1 fully saturated rings. The third-order valence-corrected chi connectivity index (χ3v) is 5.15. The summed E-state index contributed by atoms with van der Waals surface area (Å²) in [7, 11) is 0. The van der Waals surface area contributed by atoms with Gasteiger partial charge in [0, 0.05) is 25.4 Å². The van der Waals surface area contributed by atoms with Crippen LogP contribution in [0.3, 0.4) is 0 Å². The standard InChI is InChI=1S/C19H26N6O2S/c26-17(14-28-19-22-15-23-24-19)20-7-2-5-11-27-18-12-16(6-8-21-18)13-25-9-3-1-4-10-25/h2,5-6,8,12,15H,1,3-4,7,9-11,13-14H2,(H,20,26)(H,22,23,24). The van der Waals surface area contributed by atoms with E-state index in [1.165, 1.54) is 56.0 Å². The van der Waals surface area contributed by atoms with Crippen molar-refractivity contribution in [2.75, 3.05) is 32.0 Å². The van der Waals surface area contributed by atoms with Gasteiger partial charge in [-0.15, -0.1) is 5.10 Å². The number of thioether (sulfide) groups is 1. The SMILES string of the molecule is O=C(CSc1nc[nH]n1)NCC=CCOc1cc(CN2CCCCC2)ccn1. The van der Waals surface area contributed by atoms with E-state index >= 15 is 0 Å². The third kappa shape index (κ3) is 7.32. The molecule has 1 amide bonds. The van der Waals surface area contributed by atoms with Gasteiger partial charge >= 0.3 is 0 Å². The predicted molar refractivity (Wildman–Crippen MR) is 108 cm³/mol. The second-order valence-electron chi connectivity index (χ2n) is 6.50. The minimum absolute atomic E-state index is 0.0625. The lowest BCUT2D eigenvalue weighted by Gasteiger charge is -2.26. The van der Waals surface area contributed by atoms with Crippen LogP contribution < -0.4 is 10.1 Å². The molecule has 8 nitrogen and oxygen atoms in total. The number of hydrogen-bond donors (Lipinski definition) is 2. The average Bonchev–Trinajstić information content (AvgIpc) is 3.24. The summed E-state index contributed by atoms with van der Waals surface area (Å²) in [6, 6.07) is 4.05. The fourth-order valence-corrected chi connectivity index (χ4v) is 3.52. The van der Waals surface area contributed by atoms with E-state index in [0.29, 0.717) is 24.2 Å². The van der Waals surface area contributed by atoms with E-state index in [9.17, 15) is 4.79 Å². The monoisotopic (exact) mass is 402 g/mol. The quantitative estimate of drug-likeness (QED) is 0.464. The van der Waals surface area contributed by atoms with Crippen LogP contribution in [0, 0.1) is 0 Å². The topological polar surface area (TPSA) is 96.0 Å². The molecule has 2 aromatic rings. The maximum absolute atomic E-state index is 11.7. The zero-order valence-corrected chi connectivity index (χ0v) is 16.7. The first-order valence-electron chi connectivity index (χ1n) is 9.50. The number of aromatic amines is 1. The molecule has 0 saturated carbocycles. The Balaban J connectivity index is 1.30. The molecule has 150 valence electrons. The van der Waals surface area contributed by atoms with E-state index in [1.54, 1.807) is 6.20 Å². The highest BCUT2D eigenvalue weighted by atomic mass is 32.2. The number of rotatable bonds is 10. The van der Waals surface area contributed by atoms with Gasteiger partial charge in [-0.3, -0.25) is 14.8 Å². The number of nitrogens with zero attached hydrogens (tertiary/aromatic N) is 4. The lowest BCUT2D eigenvalue weighted by Crippen LogP contribution is -2.29. The van der Waals surface area contributed by atoms with Crippen molar-refractivity contribution in [3.05, 3.63) is 42.4 Å². The molecule has 3 heterocycles. The number of pyridine rings is 1. The Morgan fingerprint density at radius 3 is 3.00 bits per heavy atom. The highest BCUT2D eigenvalue weighted by Gasteiger charge is 2.10. The molecular formula is C19H26N6O2S. The Morgan fingerprint density at radius 2 is 2.18 bits per heavy atom. The van der Waals surface area contributed by atoms with Crippen LogP contribution >= 0.6 is 11.8 Å². The number of piperidine rings is 1. The van der Waals surface area contributed by atoms with Gasteiger partial charge in [-0.2, -0.15) is 0 Å². The zero-order chi connectivity index (χ0) is 19.4. The Labute approximate surface area is 169 Å². The number of carbonyl (C=O) groups excluding carboxylic acids is 1. The summed E-state index contributed by atoms with van der Waals surface area (Å²) in [5, 5.41) is 9.87. The Bertz CT molecular complexity index is 747. The molecule has 1 aliphatic rings. The zero-order valence-electron chi connectivity index (χ0n) is 15.8. The number of likely N-dealkylation sites (tertiary alicyclic amines) is 1. The summed E-state index contributed by atoms with van der Waals surface area (Å²) in [5.74, 6) is 0.856. The first-order valence-corrected chi connectivity index (χ1v) is 10.5. The minimum atomic E-state index is -0.0625. The molecule has 0 spiro atoms. The Hall–Kier alpha value is -2.39. The number of amides is 1. The first kappa shape index (κ1) is 20.3. The van der Waals surface area contributed by atoms with Crippen LogP contribution in [0.1, 0.15) is 24.8 Å². The van der Waals surface area contributed by atoms with Gasteiger partial charge in [0.2, 0.25) is 16.9 Å². The first-order chi connectivity index (χ1) is 13.8. The van der Waals surface area contributed by atoms with Gasteiger partial charge < -0.3 is 10.1 Å². The van der Waals surface area contributed by atoms with Gasteiger partial charge in [0.1, 0.15) is 12.9 Å². The van der Waals surface area contributed by atoms with Crippen LogP contribution in [0.15, 0.2) is 42.0 Å². The van der Waals surface area contributed by atoms with Gasteiger partial charge in [0.25, 0.3) is 0 Å². The molecule has 28 heavy (non-hydrogen) atoms. The second-order valence-corrected chi connectivity index (χ2v) is 7.44. The summed E-state index contributed by atoms with van der Waals surface area (Å²) in [5.41, 5.74) is 1.23. The lowest BCUT2D eigenvalue weighted by molar-refractivity contribution is -0.118. The molecular weight excluding hydrogens is 376 g/mol. The molecule has 3 rings (SSSR count). The molecule has 2 N–H and O–H groups in total. The number of nitrogens with one attached hydrogen (secondary N) is 2. The number of carbonyl (C=O) groups is 1. The van der Waals surface area contributed by atoms with Crippen LogP contribution in [0.2, 0.25) is 0 Å². The predicted octanol–water partition coefficient (Wildman–Crippen LogP) is 2.03. The van der Waals surface area contributed by atoms with E-state index in [4.69, 9.17) is 4.74 Å². The van der Waals surface area contributed by atoms with Crippen LogP contribution in [0.5, 0.6) is 5.88 Å².